The van der Waals surface area contributed by atoms with Gasteiger partial charge in [-0.05, 0) is 73.2 Å². The van der Waals surface area contributed by atoms with Crippen molar-refractivity contribution in [1.82, 2.24) is 0 Å². The zero-order chi connectivity index (χ0) is 22.6. The highest BCUT2D eigenvalue weighted by Crippen LogP contribution is 2.48. The Morgan fingerprint density at radius 1 is 1.06 bits per heavy atom. The van der Waals surface area contributed by atoms with E-state index in [1.165, 1.54) is 0 Å². The zero-order valence-electron chi connectivity index (χ0n) is 19.5. The minimum absolute atomic E-state index is 0.104. The summed E-state index contributed by atoms with van der Waals surface area (Å²) < 4.78 is 12.6. The lowest BCUT2D eigenvalue weighted by molar-refractivity contribution is 0.207. The van der Waals surface area contributed by atoms with E-state index in [2.05, 4.69) is 33.9 Å². The molecule has 1 heterocycles. The van der Waals surface area contributed by atoms with Crippen LogP contribution in [-0.4, -0.2) is 31.2 Å². The number of aliphatic hydroxyl groups excluding tert-OH is 1. The lowest BCUT2D eigenvalue weighted by atomic mass is 9.86. The molecule has 0 spiro atoms. The first-order valence-electron chi connectivity index (χ1n) is 11.2. The van der Waals surface area contributed by atoms with E-state index in [0.717, 1.165) is 52.2 Å². The second kappa shape index (κ2) is 7.71. The lowest BCUT2D eigenvalue weighted by Gasteiger charge is -2.37. The summed E-state index contributed by atoms with van der Waals surface area (Å²) in [6.45, 7) is 13.4. The zero-order valence-corrected chi connectivity index (χ0v) is 20.5. The molecule has 1 aliphatic heterocycles. The molecule has 2 aliphatic rings. The summed E-state index contributed by atoms with van der Waals surface area (Å²) in [4.78, 5) is 0. The van der Waals surface area contributed by atoms with Crippen molar-refractivity contribution in [2.75, 3.05) is 6.61 Å². The molecule has 31 heavy (non-hydrogen) atoms. The third-order valence-corrected chi connectivity index (χ3v) is 11.3. The van der Waals surface area contributed by atoms with Crippen LogP contribution >= 0.6 is 0 Å². The van der Waals surface area contributed by atoms with Crippen LogP contribution in [0.1, 0.15) is 50.3 Å². The van der Waals surface area contributed by atoms with E-state index in [4.69, 9.17) is 9.16 Å². The summed E-state index contributed by atoms with van der Waals surface area (Å²) in [7, 11) is -1.97. The molecule has 5 heteroatoms. The van der Waals surface area contributed by atoms with E-state index < -0.39 is 14.4 Å². The molecule has 1 unspecified atom stereocenters. The van der Waals surface area contributed by atoms with Crippen LogP contribution in [0.3, 0.4) is 0 Å². The Morgan fingerprint density at radius 3 is 2.35 bits per heavy atom. The third kappa shape index (κ3) is 4.26. The highest BCUT2D eigenvalue weighted by molar-refractivity contribution is 6.74. The summed E-state index contributed by atoms with van der Waals surface area (Å²) in [5.74, 6) is 2.04. The second-order valence-electron chi connectivity index (χ2n) is 10.5. The van der Waals surface area contributed by atoms with Gasteiger partial charge in [0.2, 0.25) is 8.32 Å². The van der Waals surface area contributed by atoms with Crippen molar-refractivity contribution in [1.29, 1.82) is 0 Å². The second-order valence-corrected chi connectivity index (χ2v) is 15.2. The standard InChI is InChI=1S/C26H34O4Si/c1-16-7-11-19(22(27)13-16)21-15-29-23-14-18(30-31(5,6)26(2,3)4)10-12-20(23)24(21)25(28)17-8-9-17/h7,10-14,17,25,27-28H,8-9,15H2,1-6H3. The monoisotopic (exact) mass is 438 g/mol. The molecular formula is C26H34O4Si. The maximum atomic E-state index is 11.2. The highest BCUT2D eigenvalue weighted by Gasteiger charge is 2.40. The third-order valence-electron chi connectivity index (χ3n) is 6.96. The lowest BCUT2D eigenvalue weighted by Crippen LogP contribution is -2.43. The maximum absolute atomic E-state index is 11.2. The number of rotatable bonds is 5. The molecular weight excluding hydrogens is 404 g/mol. The van der Waals surface area contributed by atoms with Crippen molar-refractivity contribution in [2.45, 2.75) is 64.8 Å². The molecule has 0 bridgehead atoms. The SMILES string of the molecule is Cc1ccc(C2=C(C(O)C3CC3)c3ccc(O[Si](C)(C)C(C)(C)C)cc3OC2)c(O)c1. The average molecular weight is 439 g/mol. The Hall–Kier alpha value is -2.24. The van der Waals surface area contributed by atoms with Gasteiger partial charge < -0.3 is 19.4 Å². The Bertz CT molecular complexity index is 1030. The molecule has 0 aromatic heterocycles. The van der Waals surface area contributed by atoms with E-state index >= 15 is 0 Å². The minimum Gasteiger partial charge on any atom is -0.543 e. The average Bonchev–Trinajstić information content (AvgIpc) is 3.51. The number of phenolic OH excluding ortho intramolecular Hbond substituents is 1. The van der Waals surface area contributed by atoms with Crippen LogP contribution in [-0.2, 0) is 0 Å². The number of aryl methyl sites for hydroxylation is 1. The van der Waals surface area contributed by atoms with Crippen LogP contribution in [0.4, 0.5) is 0 Å². The van der Waals surface area contributed by atoms with E-state index in [-0.39, 0.29) is 16.7 Å². The molecule has 2 aromatic carbocycles. The van der Waals surface area contributed by atoms with Gasteiger partial charge in [-0.15, -0.1) is 0 Å². The van der Waals surface area contributed by atoms with Crippen molar-refractivity contribution in [3.05, 3.63) is 53.1 Å². The van der Waals surface area contributed by atoms with Gasteiger partial charge in [0.1, 0.15) is 23.9 Å². The van der Waals surface area contributed by atoms with Crippen molar-refractivity contribution in [2.24, 2.45) is 5.92 Å². The fraction of sp³-hybridized carbons (Fsp3) is 0.462. The van der Waals surface area contributed by atoms with Crippen molar-refractivity contribution in [3.8, 4) is 17.2 Å². The van der Waals surface area contributed by atoms with E-state index in [9.17, 15) is 10.2 Å². The van der Waals surface area contributed by atoms with Gasteiger partial charge in [-0.25, -0.2) is 0 Å². The summed E-state index contributed by atoms with van der Waals surface area (Å²) in [6, 6.07) is 11.6. The van der Waals surface area contributed by atoms with E-state index in [1.807, 2.05) is 37.3 Å². The van der Waals surface area contributed by atoms with Gasteiger partial charge in [0.25, 0.3) is 0 Å². The fourth-order valence-electron chi connectivity index (χ4n) is 3.85. The Labute approximate surface area is 186 Å². The van der Waals surface area contributed by atoms with E-state index in [0.29, 0.717) is 6.61 Å². The topological polar surface area (TPSA) is 58.9 Å². The maximum Gasteiger partial charge on any atom is 0.250 e. The van der Waals surface area contributed by atoms with Crippen LogP contribution in [0.5, 0.6) is 17.2 Å². The number of hydrogen-bond acceptors (Lipinski definition) is 4. The summed E-state index contributed by atoms with van der Waals surface area (Å²) in [5.41, 5.74) is 4.36. The Kier molecular flexibility index (Phi) is 5.47. The van der Waals surface area contributed by atoms with Crippen LogP contribution in [0.15, 0.2) is 36.4 Å². The summed E-state index contributed by atoms with van der Waals surface area (Å²) in [6.07, 6.45) is 1.49. The molecule has 1 fully saturated rings. The molecule has 2 aromatic rings. The van der Waals surface area contributed by atoms with Crippen LogP contribution < -0.4 is 9.16 Å². The molecule has 1 atom stereocenters. The van der Waals surface area contributed by atoms with Crippen molar-refractivity contribution in [3.63, 3.8) is 0 Å². The number of hydrogen-bond donors (Lipinski definition) is 2. The predicted octanol–water partition coefficient (Wildman–Crippen LogP) is 6.16. The number of aliphatic hydroxyl groups is 1. The molecule has 2 N–H and O–H groups in total. The first kappa shape index (κ1) is 22.0. The van der Waals surface area contributed by atoms with Gasteiger partial charge in [0, 0.05) is 22.8 Å². The van der Waals surface area contributed by atoms with Crippen LogP contribution in [0.2, 0.25) is 18.1 Å². The first-order valence-corrected chi connectivity index (χ1v) is 14.1. The highest BCUT2D eigenvalue weighted by atomic mass is 28.4. The number of ether oxygens (including phenoxy) is 1. The fourth-order valence-corrected chi connectivity index (χ4v) is 4.87. The van der Waals surface area contributed by atoms with Gasteiger partial charge >= 0.3 is 0 Å². The summed E-state index contributed by atoms with van der Waals surface area (Å²) >= 11 is 0. The smallest absolute Gasteiger partial charge is 0.250 e. The largest absolute Gasteiger partial charge is 0.543 e. The minimum atomic E-state index is -1.97. The normalized spacial score (nSPS) is 17.8. The quantitative estimate of drug-likeness (QED) is 0.549. The molecule has 1 aliphatic carbocycles. The van der Waals surface area contributed by atoms with Gasteiger partial charge in [-0.2, -0.15) is 0 Å². The van der Waals surface area contributed by atoms with Crippen molar-refractivity contribution < 1.29 is 19.4 Å². The molecule has 166 valence electrons. The summed E-state index contributed by atoms with van der Waals surface area (Å²) in [5, 5.41) is 21.9. The Morgan fingerprint density at radius 2 is 1.74 bits per heavy atom. The first-order chi connectivity index (χ1) is 14.5. The molecule has 4 nitrogen and oxygen atoms in total. The molecule has 4 rings (SSSR count). The van der Waals surface area contributed by atoms with Crippen LogP contribution in [0.25, 0.3) is 11.1 Å². The van der Waals surface area contributed by atoms with Gasteiger partial charge in [0.15, 0.2) is 0 Å². The Balaban J connectivity index is 1.78. The molecule has 1 saturated carbocycles. The number of phenols is 1. The van der Waals surface area contributed by atoms with Gasteiger partial charge in [-0.3, -0.25) is 0 Å². The molecule has 0 radical (unpaired) electrons. The molecule has 0 amide bonds. The predicted molar refractivity (Wildman–Crippen MR) is 128 cm³/mol. The number of aromatic hydroxyl groups is 1. The van der Waals surface area contributed by atoms with Crippen LogP contribution in [0, 0.1) is 12.8 Å². The number of benzene rings is 2. The van der Waals surface area contributed by atoms with Gasteiger partial charge in [-0.1, -0.05) is 32.9 Å². The van der Waals surface area contributed by atoms with E-state index in [1.54, 1.807) is 6.07 Å². The molecule has 0 saturated heterocycles. The van der Waals surface area contributed by atoms with Crippen molar-refractivity contribution >= 4 is 19.5 Å². The van der Waals surface area contributed by atoms with Gasteiger partial charge in [0.05, 0.1) is 6.10 Å². The number of fused-ring (bicyclic) bond motifs is 1.